The third-order valence-electron chi connectivity index (χ3n) is 3.84. The van der Waals surface area contributed by atoms with Crippen molar-refractivity contribution in [2.45, 2.75) is 12.0 Å². The molecule has 0 saturated carbocycles. The van der Waals surface area contributed by atoms with Crippen LogP contribution in [-0.4, -0.2) is 40.4 Å². The van der Waals surface area contributed by atoms with Crippen LogP contribution in [0.2, 0.25) is 0 Å². The van der Waals surface area contributed by atoms with Gasteiger partial charge in [-0.15, -0.1) is 0 Å². The number of phenols is 2. The molecule has 2 aromatic carbocycles. The lowest BCUT2D eigenvalue weighted by atomic mass is 9.85. The number of rotatable bonds is 3. The second kappa shape index (κ2) is 5.48. The van der Waals surface area contributed by atoms with Gasteiger partial charge in [0.05, 0.1) is 12.7 Å². The Morgan fingerprint density at radius 2 is 2.00 bits per heavy atom. The monoisotopic (exact) mass is 316 g/mol. The molecule has 0 fully saturated rings. The highest BCUT2D eigenvalue weighted by molar-refractivity contribution is 6.05. The predicted molar refractivity (Wildman–Crippen MR) is 81.2 cm³/mol. The van der Waals surface area contributed by atoms with E-state index in [1.807, 2.05) is 0 Å². The zero-order chi connectivity index (χ0) is 16.6. The fourth-order valence-electron chi connectivity index (χ4n) is 2.63. The van der Waals surface area contributed by atoms with Crippen LogP contribution in [0, 0.1) is 0 Å². The fraction of sp³-hybridized carbons (Fsp3) is 0.235. The molecule has 6 nitrogen and oxygen atoms in total. The van der Waals surface area contributed by atoms with Crippen molar-refractivity contribution in [3.63, 3.8) is 0 Å². The molecule has 0 radical (unpaired) electrons. The zero-order valence-corrected chi connectivity index (χ0v) is 12.4. The lowest BCUT2D eigenvalue weighted by Crippen LogP contribution is -2.49. The van der Waals surface area contributed by atoms with Crippen LogP contribution in [-0.2, 0) is 6.42 Å². The average molecular weight is 316 g/mol. The molecule has 0 aliphatic carbocycles. The van der Waals surface area contributed by atoms with Gasteiger partial charge in [0, 0.05) is 12.5 Å². The van der Waals surface area contributed by atoms with Crippen LogP contribution >= 0.6 is 0 Å². The van der Waals surface area contributed by atoms with Crippen molar-refractivity contribution in [2.24, 2.45) is 0 Å². The Morgan fingerprint density at radius 3 is 2.74 bits per heavy atom. The minimum Gasteiger partial charge on any atom is -0.508 e. The van der Waals surface area contributed by atoms with Gasteiger partial charge in [-0.1, -0.05) is 6.07 Å². The second-order valence-corrected chi connectivity index (χ2v) is 5.51. The van der Waals surface area contributed by atoms with E-state index in [1.54, 1.807) is 12.1 Å². The number of benzene rings is 2. The highest BCUT2D eigenvalue weighted by Gasteiger charge is 2.42. The van der Waals surface area contributed by atoms with E-state index in [0.717, 1.165) is 0 Å². The summed E-state index contributed by atoms with van der Waals surface area (Å²) in [5.74, 6) is 0.0231. The maximum atomic E-state index is 12.6. The maximum absolute atomic E-state index is 12.6. The molecule has 120 valence electrons. The number of hydrogen-bond acceptors (Lipinski definition) is 6. The lowest BCUT2D eigenvalue weighted by molar-refractivity contribution is -0.00201. The molecular weight excluding hydrogens is 300 g/mol. The van der Waals surface area contributed by atoms with Gasteiger partial charge in [0.1, 0.15) is 18.1 Å². The van der Waals surface area contributed by atoms with Crippen molar-refractivity contribution in [1.82, 2.24) is 0 Å². The standard InChI is InChI=1S/C17H16O6/c1-22-15-6-10(2-5-13(15)19)8-17(21)9-23-14-7-11(18)3-4-12(14)16(17)20/h2-7,18-19,21H,8-9H2,1H3. The van der Waals surface area contributed by atoms with Crippen LogP contribution in [0.1, 0.15) is 15.9 Å². The topological polar surface area (TPSA) is 96.2 Å². The molecule has 0 aromatic heterocycles. The summed E-state index contributed by atoms with van der Waals surface area (Å²) < 4.78 is 10.5. The van der Waals surface area contributed by atoms with Crippen molar-refractivity contribution < 1.29 is 29.6 Å². The maximum Gasteiger partial charge on any atom is 0.201 e. The smallest absolute Gasteiger partial charge is 0.201 e. The number of ether oxygens (including phenoxy) is 2. The Labute approximate surface area is 132 Å². The quantitative estimate of drug-likeness (QED) is 0.797. The molecular formula is C17H16O6. The SMILES string of the molecule is COc1cc(CC2(O)COc3cc(O)ccc3C2=O)ccc1O. The molecule has 0 spiro atoms. The first-order valence-corrected chi connectivity index (χ1v) is 7.02. The van der Waals surface area contributed by atoms with Crippen LogP contribution in [0.15, 0.2) is 36.4 Å². The first-order valence-electron chi connectivity index (χ1n) is 7.02. The summed E-state index contributed by atoms with van der Waals surface area (Å²) in [4.78, 5) is 12.6. The van der Waals surface area contributed by atoms with Gasteiger partial charge in [0.2, 0.25) is 5.78 Å². The van der Waals surface area contributed by atoms with E-state index in [1.165, 1.54) is 31.4 Å². The molecule has 0 bridgehead atoms. The van der Waals surface area contributed by atoms with Gasteiger partial charge < -0.3 is 24.8 Å². The van der Waals surface area contributed by atoms with Crippen LogP contribution in [0.25, 0.3) is 0 Å². The Kier molecular flexibility index (Phi) is 3.61. The van der Waals surface area contributed by atoms with Gasteiger partial charge >= 0.3 is 0 Å². The number of ketones is 1. The van der Waals surface area contributed by atoms with Gasteiger partial charge in [-0.25, -0.2) is 0 Å². The largest absolute Gasteiger partial charge is 0.508 e. The number of phenolic OH excluding ortho intramolecular Hbond substituents is 2. The molecule has 3 N–H and O–H groups in total. The lowest BCUT2D eigenvalue weighted by Gasteiger charge is -2.32. The van der Waals surface area contributed by atoms with Crippen molar-refractivity contribution in [1.29, 1.82) is 0 Å². The van der Waals surface area contributed by atoms with Crippen LogP contribution in [0.3, 0.4) is 0 Å². The van der Waals surface area contributed by atoms with E-state index in [-0.39, 0.29) is 41.6 Å². The molecule has 2 aromatic rings. The third-order valence-corrected chi connectivity index (χ3v) is 3.84. The Bertz CT molecular complexity index is 770. The predicted octanol–water partition coefficient (Wildman–Crippen LogP) is 1.66. The van der Waals surface area contributed by atoms with E-state index in [2.05, 4.69) is 0 Å². The Balaban J connectivity index is 1.91. The van der Waals surface area contributed by atoms with E-state index >= 15 is 0 Å². The molecule has 1 aliphatic rings. The van der Waals surface area contributed by atoms with Crippen molar-refractivity contribution in [2.75, 3.05) is 13.7 Å². The van der Waals surface area contributed by atoms with Crippen molar-refractivity contribution >= 4 is 5.78 Å². The van der Waals surface area contributed by atoms with Crippen molar-refractivity contribution in [3.8, 4) is 23.0 Å². The van der Waals surface area contributed by atoms with E-state index < -0.39 is 11.4 Å². The highest BCUT2D eigenvalue weighted by Crippen LogP contribution is 2.35. The van der Waals surface area contributed by atoms with Gasteiger partial charge in [-0.2, -0.15) is 0 Å². The first-order chi connectivity index (χ1) is 10.9. The normalized spacial score (nSPS) is 19.8. The summed E-state index contributed by atoms with van der Waals surface area (Å²) in [5, 5.41) is 29.7. The Hall–Kier alpha value is -2.73. The number of aromatic hydroxyl groups is 2. The number of Topliss-reactive ketones (excluding diaryl/α,β-unsaturated/α-hetero) is 1. The van der Waals surface area contributed by atoms with Gasteiger partial charge in [-0.05, 0) is 29.8 Å². The molecule has 23 heavy (non-hydrogen) atoms. The van der Waals surface area contributed by atoms with E-state index in [0.29, 0.717) is 5.56 Å². The minimum atomic E-state index is -1.72. The zero-order valence-electron chi connectivity index (χ0n) is 12.4. The highest BCUT2D eigenvalue weighted by atomic mass is 16.5. The number of carbonyl (C=O) groups is 1. The van der Waals surface area contributed by atoms with Gasteiger partial charge in [0.15, 0.2) is 17.1 Å². The summed E-state index contributed by atoms with van der Waals surface area (Å²) >= 11 is 0. The molecule has 1 atom stereocenters. The molecule has 3 rings (SSSR count). The number of hydrogen-bond donors (Lipinski definition) is 3. The average Bonchev–Trinajstić information content (AvgIpc) is 2.53. The molecule has 1 heterocycles. The first kappa shape index (κ1) is 15.2. The summed E-state index contributed by atoms with van der Waals surface area (Å²) in [6, 6.07) is 8.75. The number of carbonyl (C=O) groups excluding carboxylic acids is 1. The number of aliphatic hydroxyl groups is 1. The van der Waals surface area contributed by atoms with Crippen LogP contribution in [0.5, 0.6) is 23.0 Å². The summed E-state index contributed by atoms with van der Waals surface area (Å²) in [6.45, 7) is -0.217. The fourth-order valence-corrected chi connectivity index (χ4v) is 2.63. The summed E-state index contributed by atoms with van der Waals surface area (Å²) in [5.41, 5.74) is -0.866. The second-order valence-electron chi connectivity index (χ2n) is 5.51. The van der Waals surface area contributed by atoms with E-state index in [4.69, 9.17) is 9.47 Å². The molecule has 6 heteroatoms. The molecule has 0 amide bonds. The number of fused-ring (bicyclic) bond motifs is 1. The summed E-state index contributed by atoms with van der Waals surface area (Å²) in [7, 11) is 1.42. The van der Waals surface area contributed by atoms with Gasteiger partial charge in [0.25, 0.3) is 0 Å². The molecule has 0 saturated heterocycles. The minimum absolute atomic E-state index is 0.00902. The van der Waals surface area contributed by atoms with Crippen LogP contribution < -0.4 is 9.47 Å². The Morgan fingerprint density at radius 1 is 1.22 bits per heavy atom. The van der Waals surface area contributed by atoms with Crippen molar-refractivity contribution in [3.05, 3.63) is 47.5 Å². The molecule has 1 unspecified atom stereocenters. The van der Waals surface area contributed by atoms with Crippen LogP contribution in [0.4, 0.5) is 0 Å². The molecule has 1 aliphatic heterocycles. The number of methoxy groups -OCH3 is 1. The third kappa shape index (κ3) is 2.68. The van der Waals surface area contributed by atoms with Gasteiger partial charge in [-0.3, -0.25) is 4.79 Å². The van der Waals surface area contributed by atoms with E-state index in [9.17, 15) is 20.1 Å². The summed E-state index contributed by atoms with van der Waals surface area (Å²) in [6.07, 6.45) is 0.0167.